The monoisotopic (exact) mass is 246 g/mol. The zero-order valence-corrected chi connectivity index (χ0v) is 10.8. The molecule has 3 rings (SSSR count). The van der Waals surface area contributed by atoms with Gasteiger partial charge in [-0.25, -0.2) is 0 Å². The summed E-state index contributed by atoms with van der Waals surface area (Å²) in [4.78, 5) is 0. The molecule has 0 bridgehead atoms. The molecule has 0 saturated carbocycles. The lowest BCUT2D eigenvalue weighted by atomic mass is 9.99. The number of hydrogen-bond donors (Lipinski definition) is 1. The molecule has 0 amide bonds. The predicted molar refractivity (Wildman–Crippen MR) is 67.8 cm³/mol. The fourth-order valence-electron chi connectivity index (χ4n) is 2.50. The summed E-state index contributed by atoms with van der Waals surface area (Å²) in [5.74, 6) is 2.52. The van der Waals surface area contributed by atoms with Crippen molar-refractivity contribution in [3.63, 3.8) is 0 Å². The second kappa shape index (κ2) is 4.20. The van der Waals surface area contributed by atoms with E-state index in [1.54, 1.807) is 0 Å². The average Bonchev–Trinajstić information content (AvgIpc) is 2.94. The molecule has 0 aliphatic carbocycles. The molecule has 1 aliphatic heterocycles. The molecule has 96 valence electrons. The second-order valence-corrected chi connectivity index (χ2v) is 4.96. The largest absolute Gasteiger partial charge is 0.330 e. The average molecular weight is 246 g/mol. The first-order valence-corrected chi connectivity index (χ1v) is 6.31. The Morgan fingerprint density at radius 3 is 2.94 bits per heavy atom. The minimum absolute atomic E-state index is 0.532. The van der Waals surface area contributed by atoms with Crippen LogP contribution in [0.25, 0.3) is 11.4 Å². The van der Waals surface area contributed by atoms with Gasteiger partial charge in [-0.1, -0.05) is 0 Å². The number of hydrogen-bond acceptors (Lipinski definition) is 4. The maximum absolute atomic E-state index is 5.78. The molecule has 2 N–H and O–H groups in total. The van der Waals surface area contributed by atoms with Crippen LogP contribution in [0.2, 0.25) is 0 Å². The Balaban J connectivity index is 2.04. The number of aromatic nitrogens is 5. The predicted octanol–water partition coefficient (Wildman–Crippen LogP) is 0.508. The Hall–Kier alpha value is -1.69. The van der Waals surface area contributed by atoms with E-state index in [0.717, 1.165) is 48.8 Å². The fraction of sp³-hybridized carbons (Fsp3) is 0.583. The van der Waals surface area contributed by atoms with Gasteiger partial charge in [-0.05, 0) is 25.8 Å². The minimum Gasteiger partial charge on any atom is -0.330 e. The van der Waals surface area contributed by atoms with Gasteiger partial charge in [-0.15, -0.1) is 10.2 Å². The summed E-state index contributed by atoms with van der Waals surface area (Å²) in [5, 5.41) is 12.9. The Kier molecular flexibility index (Phi) is 2.66. The molecule has 18 heavy (non-hydrogen) atoms. The molecule has 0 radical (unpaired) electrons. The first kappa shape index (κ1) is 11.4. The fourth-order valence-corrected chi connectivity index (χ4v) is 2.50. The Labute approximate surface area is 106 Å². The third-order valence-corrected chi connectivity index (χ3v) is 3.85. The number of nitrogens with two attached hydrogens (primary N) is 1. The van der Waals surface area contributed by atoms with Crippen LogP contribution in [0.3, 0.4) is 0 Å². The lowest BCUT2D eigenvalue weighted by Gasteiger charge is -2.22. The van der Waals surface area contributed by atoms with Gasteiger partial charge in [0.15, 0.2) is 5.82 Å². The molecule has 0 saturated heterocycles. The highest BCUT2D eigenvalue weighted by Gasteiger charge is 2.24. The van der Waals surface area contributed by atoms with Crippen molar-refractivity contribution in [1.82, 2.24) is 24.5 Å². The first-order chi connectivity index (χ1) is 8.70. The minimum atomic E-state index is 0.532. The molecular formula is C12H18N6. The van der Waals surface area contributed by atoms with E-state index in [1.807, 2.05) is 24.9 Å². The third-order valence-electron chi connectivity index (χ3n) is 3.85. The SMILES string of the molecule is Cc1c(-c2nnc3n2CC(CN)CC3)cnn1C. The Bertz CT molecular complexity index is 567. The summed E-state index contributed by atoms with van der Waals surface area (Å²) >= 11 is 0. The Morgan fingerprint density at radius 2 is 2.28 bits per heavy atom. The van der Waals surface area contributed by atoms with Crippen LogP contribution < -0.4 is 5.73 Å². The zero-order chi connectivity index (χ0) is 12.7. The lowest BCUT2D eigenvalue weighted by molar-refractivity contribution is 0.375. The molecule has 2 aromatic heterocycles. The van der Waals surface area contributed by atoms with Crippen molar-refractivity contribution in [2.45, 2.75) is 26.3 Å². The molecule has 1 atom stereocenters. The van der Waals surface area contributed by atoms with Gasteiger partial charge < -0.3 is 10.3 Å². The van der Waals surface area contributed by atoms with Gasteiger partial charge in [0.1, 0.15) is 5.82 Å². The molecule has 2 aromatic rings. The standard InChI is InChI=1S/C12H18N6/c1-8-10(6-14-17(8)2)12-16-15-11-4-3-9(5-13)7-18(11)12/h6,9H,3-5,7,13H2,1-2H3. The van der Waals surface area contributed by atoms with Crippen LogP contribution in [0, 0.1) is 12.8 Å². The molecule has 1 unspecified atom stereocenters. The van der Waals surface area contributed by atoms with E-state index in [-0.39, 0.29) is 0 Å². The van der Waals surface area contributed by atoms with Gasteiger partial charge in [0, 0.05) is 25.7 Å². The number of aryl methyl sites for hydroxylation is 2. The number of fused-ring (bicyclic) bond motifs is 1. The van der Waals surface area contributed by atoms with Crippen molar-refractivity contribution >= 4 is 0 Å². The van der Waals surface area contributed by atoms with E-state index in [1.165, 1.54) is 0 Å². The van der Waals surface area contributed by atoms with Gasteiger partial charge in [-0.3, -0.25) is 4.68 Å². The van der Waals surface area contributed by atoms with Gasteiger partial charge in [0.2, 0.25) is 0 Å². The normalized spacial score (nSPS) is 18.9. The molecule has 0 spiro atoms. The maximum atomic E-state index is 5.78. The van der Waals surface area contributed by atoms with Crippen LogP contribution in [-0.4, -0.2) is 31.1 Å². The van der Waals surface area contributed by atoms with Gasteiger partial charge in [0.05, 0.1) is 11.8 Å². The topological polar surface area (TPSA) is 74.6 Å². The smallest absolute Gasteiger partial charge is 0.167 e. The summed E-state index contributed by atoms with van der Waals surface area (Å²) in [6.45, 7) is 3.69. The van der Waals surface area contributed by atoms with E-state index < -0.39 is 0 Å². The summed E-state index contributed by atoms with van der Waals surface area (Å²) in [7, 11) is 1.94. The summed E-state index contributed by atoms with van der Waals surface area (Å²) in [6, 6.07) is 0. The summed E-state index contributed by atoms with van der Waals surface area (Å²) in [5.41, 5.74) is 7.96. The van der Waals surface area contributed by atoms with E-state index in [9.17, 15) is 0 Å². The maximum Gasteiger partial charge on any atom is 0.167 e. The van der Waals surface area contributed by atoms with E-state index in [4.69, 9.17) is 5.73 Å². The van der Waals surface area contributed by atoms with Crippen LogP contribution in [-0.2, 0) is 20.0 Å². The number of nitrogens with zero attached hydrogens (tertiary/aromatic N) is 5. The molecule has 6 nitrogen and oxygen atoms in total. The van der Waals surface area contributed by atoms with Crippen LogP contribution in [0.1, 0.15) is 17.9 Å². The number of rotatable bonds is 2. The van der Waals surface area contributed by atoms with Crippen molar-refractivity contribution in [3.05, 3.63) is 17.7 Å². The first-order valence-electron chi connectivity index (χ1n) is 6.31. The zero-order valence-electron chi connectivity index (χ0n) is 10.8. The van der Waals surface area contributed by atoms with Crippen molar-refractivity contribution in [2.75, 3.05) is 6.54 Å². The van der Waals surface area contributed by atoms with E-state index in [2.05, 4.69) is 19.9 Å². The van der Waals surface area contributed by atoms with Crippen molar-refractivity contribution in [2.24, 2.45) is 18.7 Å². The third kappa shape index (κ3) is 1.64. The second-order valence-electron chi connectivity index (χ2n) is 4.96. The highest BCUT2D eigenvalue weighted by Crippen LogP contribution is 2.26. The molecule has 0 fully saturated rings. The quantitative estimate of drug-likeness (QED) is 0.837. The summed E-state index contributed by atoms with van der Waals surface area (Å²) in [6.07, 6.45) is 3.94. The molecule has 3 heterocycles. The Morgan fingerprint density at radius 1 is 1.44 bits per heavy atom. The molecule has 0 aromatic carbocycles. The van der Waals surface area contributed by atoms with Gasteiger partial charge in [0.25, 0.3) is 0 Å². The van der Waals surface area contributed by atoms with Crippen LogP contribution in [0.4, 0.5) is 0 Å². The van der Waals surface area contributed by atoms with Gasteiger partial charge >= 0.3 is 0 Å². The highest BCUT2D eigenvalue weighted by molar-refractivity contribution is 5.57. The van der Waals surface area contributed by atoms with Crippen molar-refractivity contribution in [3.8, 4) is 11.4 Å². The van der Waals surface area contributed by atoms with Crippen molar-refractivity contribution in [1.29, 1.82) is 0 Å². The van der Waals surface area contributed by atoms with Crippen LogP contribution in [0.5, 0.6) is 0 Å². The lowest BCUT2D eigenvalue weighted by Crippen LogP contribution is -2.26. The molecule has 6 heteroatoms. The van der Waals surface area contributed by atoms with Gasteiger partial charge in [-0.2, -0.15) is 5.10 Å². The van der Waals surface area contributed by atoms with Crippen LogP contribution >= 0.6 is 0 Å². The van der Waals surface area contributed by atoms with E-state index >= 15 is 0 Å². The van der Waals surface area contributed by atoms with Crippen molar-refractivity contribution < 1.29 is 0 Å². The highest BCUT2D eigenvalue weighted by atomic mass is 15.3. The summed E-state index contributed by atoms with van der Waals surface area (Å²) < 4.78 is 4.06. The van der Waals surface area contributed by atoms with Crippen LogP contribution in [0.15, 0.2) is 6.20 Å². The molecular weight excluding hydrogens is 228 g/mol. The molecule has 1 aliphatic rings. The van der Waals surface area contributed by atoms with E-state index in [0.29, 0.717) is 5.92 Å².